The molecule has 0 unspecified atom stereocenters. The fourth-order valence-electron chi connectivity index (χ4n) is 8.53. The fourth-order valence-corrected chi connectivity index (χ4v) is 8.53. The van der Waals surface area contributed by atoms with Crippen LogP contribution in [0.15, 0.2) is 11.6 Å². The molecule has 0 spiro atoms. The molecule has 0 bridgehead atoms. The fraction of sp³-hybridized carbons (Fsp3) is 0.778. The lowest BCUT2D eigenvalue weighted by Crippen LogP contribution is -2.67. The summed E-state index contributed by atoms with van der Waals surface area (Å²) < 4.78 is 29.6. The number of esters is 3. The molecule has 4 aliphatic carbocycles. The van der Waals surface area contributed by atoms with Gasteiger partial charge < -0.3 is 28.8 Å². The summed E-state index contributed by atoms with van der Waals surface area (Å²) in [5.41, 5.74) is -5.66. The Balaban J connectivity index is 1.74. The van der Waals surface area contributed by atoms with Crippen molar-refractivity contribution in [1.29, 1.82) is 0 Å². The molecule has 5 aliphatic rings. The first-order chi connectivity index (χ1) is 17.1. The lowest BCUT2D eigenvalue weighted by atomic mass is 9.58. The van der Waals surface area contributed by atoms with Crippen molar-refractivity contribution in [2.45, 2.75) is 89.5 Å². The first-order valence-electron chi connectivity index (χ1n) is 12.8. The van der Waals surface area contributed by atoms with Gasteiger partial charge in [0.15, 0.2) is 11.4 Å². The van der Waals surface area contributed by atoms with E-state index in [9.17, 15) is 24.3 Å². The van der Waals surface area contributed by atoms with Crippen molar-refractivity contribution in [2.75, 3.05) is 13.7 Å². The molecule has 1 N–H and O–H groups in total. The number of carbonyl (C=O) groups is 4. The van der Waals surface area contributed by atoms with Crippen molar-refractivity contribution in [2.24, 2.45) is 29.1 Å². The third kappa shape index (κ3) is 3.03. The molecular weight excluding hydrogens is 484 g/mol. The van der Waals surface area contributed by atoms with Crippen LogP contribution in [0.5, 0.6) is 0 Å². The van der Waals surface area contributed by atoms with Crippen LogP contribution in [0.1, 0.15) is 54.9 Å². The van der Waals surface area contributed by atoms with Gasteiger partial charge in [0, 0.05) is 63.4 Å². The molecule has 1 saturated heterocycles. The van der Waals surface area contributed by atoms with Crippen LogP contribution in [-0.2, 0) is 42.9 Å². The van der Waals surface area contributed by atoms with E-state index in [1.807, 2.05) is 13.8 Å². The Kier molecular flexibility index (Phi) is 5.43. The van der Waals surface area contributed by atoms with Crippen molar-refractivity contribution in [3.8, 4) is 0 Å². The van der Waals surface area contributed by atoms with Crippen LogP contribution in [0.4, 0.5) is 0 Å². The van der Waals surface area contributed by atoms with E-state index in [2.05, 4.69) is 0 Å². The summed E-state index contributed by atoms with van der Waals surface area (Å²) in [7, 11) is 1.43. The predicted octanol–water partition coefficient (Wildman–Crippen LogP) is 1.51. The molecule has 204 valence electrons. The molecule has 1 heterocycles. The highest BCUT2D eigenvalue weighted by molar-refractivity contribution is 6.05. The smallest absolute Gasteiger partial charge is 0.303 e. The van der Waals surface area contributed by atoms with E-state index in [4.69, 9.17) is 23.7 Å². The Hall–Kier alpha value is -2.30. The Labute approximate surface area is 216 Å². The van der Waals surface area contributed by atoms with Gasteiger partial charge in [-0.25, -0.2) is 0 Å². The highest BCUT2D eigenvalue weighted by Crippen LogP contribution is 2.80. The second kappa shape index (κ2) is 7.64. The highest BCUT2D eigenvalue weighted by Gasteiger charge is 2.92. The number of ether oxygens (including phenoxy) is 5. The average molecular weight is 521 g/mol. The third-order valence-electron chi connectivity index (χ3n) is 10.0. The number of hydrogen-bond acceptors (Lipinski definition) is 10. The number of methoxy groups -OCH3 is 1. The van der Waals surface area contributed by atoms with Crippen molar-refractivity contribution in [3.05, 3.63) is 11.6 Å². The molecule has 0 aromatic carbocycles. The number of Topliss-reactive ketones (excluding diaryl/α,β-unsaturated/α-hetero) is 1. The lowest BCUT2D eigenvalue weighted by Gasteiger charge is -2.54. The van der Waals surface area contributed by atoms with Gasteiger partial charge in [0.25, 0.3) is 0 Å². The number of carbonyl (C=O) groups excluding carboxylic acids is 4. The molecule has 1 aliphatic heterocycles. The zero-order chi connectivity index (χ0) is 27.5. The van der Waals surface area contributed by atoms with Crippen LogP contribution in [0.2, 0.25) is 0 Å². The first kappa shape index (κ1) is 26.3. The Morgan fingerprint density at radius 3 is 2.32 bits per heavy atom. The van der Waals surface area contributed by atoms with Crippen LogP contribution < -0.4 is 0 Å². The SMILES string of the molecule is CO[C@@]12C[C@@]3(COC(C)=O)O[C@H]3[C@H]3[C@@H]4C(C)(C)[C@]4(OC(C)=O)[C@H](OC(C)=O)[C@@H](C)[C@]3(O)[C@@H]1C=C(C)C2=O. The van der Waals surface area contributed by atoms with Gasteiger partial charge in [-0.1, -0.05) is 26.8 Å². The summed E-state index contributed by atoms with van der Waals surface area (Å²) in [6.45, 7) is 11.0. The second-order valence-corrected chi connectivity index (χ2v) is 12.1. The monoisotopic (exact) mass is 520 g/mol. The molecule has 0 aromatic heterocycles. The number of epoxide rings is 1. The van der Waals surface area contributed by atoms with Crippen LogP contribution >= 0.6 is 0 Å². The second-order valence-electron chi connectivity index (χ2n) is 12.1. The van der Waals surface area contributed by atoms with Gasteiger partial charge in [-0.15, -0.1) is 0 Å². The number of hydrogen-bond donors (Lipinski definition) is 1. The van der Waals surface area contributed by atoms with Crippen LogP contribution in [-0.4, -0.2) is 77.1 Å². The van der Waals surface area contributed by atoms with Gasteiger partial charge in [-0.2, -0.15) is 0 Å². The Morgan fingerprint density at radius 2 is 1.78 bits per heavy atom. The maximum atomic E-state index is 13.7. The first-order valence-corrected chi connectivity index (χ1v) is 12.8. The predicted molar refractivity (Wildman–Crippen MR) is 126 cm³/mol. The minimum Gasteiger partial charge on any atom is -0.463 e. The molecule has 4 fully saturated rings. The van der Waals surface area contributed by atoms with Gasteiger partial charge >= 0.3 is 17.9 Å². The Morgan fingerprint density at radius 1 is 1.14 bits per heavy atom. The van der Waals surface area contributed by atoms with E-state index >= 15 is 0 Å². The molecule has 10 atom stereocenters. The van der Waals surface area contributed by atoms with E-state index in [1.165, 1.54) is 27.9 Å². The standard InChI is InChI=1S/C27H36O10/c1-12-9-17-25(33-8,20(12)31)10-24(11-34-14(3)28)22(37-24)18-19-23(6,7)27(19,36-16(5)30)21(35-15(4)29)13(2)26(17,18)32/h9,13,17-19,21-22,32H,10-11H2,1-8H3/t13-,17-,18-,19-,21-,22+,24+,25+,26+,27-/m1/s1. The van der Waals surface area contributed by atoms with E-state index in [0.29, 0.717) is 5.57 Å². The van der Waals surface area contributed by atoms with Gasteiger partial charge in [0.2, 0.25) is 0 Å². The van der Waals surface area contributed by atoms with Crippen LogP contribution in [0.3, 0.4) is 0 Å². The van der Waals surface area contributed by atoms with Crippen molar-refractivity contribution < 1.29 is 48.0 Å². The van der Waals surface area contributed by atoms with Gasteiger partial charge in [0.1, 0.15) is 23.9 Å². The van der Waals surface area contributed by atoms with E-state index in [-0.39, 0.29) is 18.8 Å². The summed E-state index contributed by atoms with van der Waals surface area (Å²) in [6, 6.07) is 0. The lowest BCUT2D eigenvalue weighted by molar-refractivity contribution is -0.239. The number of fused-ring (bicyclic) bond motifs is 7. The van der Waals surface area contributed by atoms with Crippen molar-refractivity contribution >= 4 is 23.7 Å². The molecule has 0 radical (unpaired) electrons. The Bertz CT molecular complexity index is 1130. The van der Waals surface area contributed by atoms with Gasteiger partial charge in [-0.05, 0) is 12.5 Å². The zero-order valence-corrected chi connectivity index (χ0v) is 22.6. The average Bonchev–Trinajstić information content (AvgIpc) is 3.59. The minimum atomic E-state index is -1.65. The van der Waals surface area contributed by atoms with Gasteiger partial charge in [0.05, 0.1) is 11.7 Å². The van der Waals surface area contributed by atoms with Crippen molar-refractivity contribution in [3.63, 3.8) is 0 Å². The number of aliphatic hydroxyl groups is 1. The van der Waals surface area contributed by atoms with Crippen LogP contribution in [0, 0.1) is 29.1 Å². The maximum Gasteiger partial charge on any atom is 0.303 e. The number of rotatable bonds is 5. The summed E-state index contributed by atoms with van der Waals surface area (Å²) >= 11 is 0. The quantitative estimate of drug-likeness (QED) is 0.322. The molecule has 3 saturated carbocycles. The maximum absolute atomic E-state index is 13.7. The third-order valence-corrected chi connectivity index (χ3v) is 10.0. The number of ketones is 1. The molecular formula is C27H36O10. The summed E-state index contributed by atoms with van der Waals surface area (Å²) in [4.78, 5) is 50.2. The van der Waals surface area contributed by atoms with Crippen molar-refractivity contribution in [1.82, 2.24) is 0 Å². The highest BCUT2D eigenvalue weighted by atomic mass is 16.7. The molecule has 0 aromatic rings. The minimum absolute atomic E-state index is 0.0727. The van der Waals surface area contributed by atoms with E-state index in [0.717, 1.165) is 0 Å². The molecule has 37 heavy (non-hydrogen) atoms. The topological polar surface area (TPSA) is 138 Å². The largest absolute Gasteiger partial charge is 0.463 e. The van der Waals surface area contributed by atoms with E-state index in [1.54, 1.807) is 19.9 Å². The van der Waals surface area contributed by atoms with Crippen LogP contribution in [0.25, 0.3) is 0 Å². The van der Waals surface area contributed by atoms with Gasteiger partial charge in [-0.3, -0.25) is 19.2 Å². The molecule has 10 heteroatoms. The van der Waals surface area contributed by atoms with E-state index < -0.39 is 81.6 Å². The normalized spacial score (nSPS) is 48.2. The molecule has 0 amide bonds. The molecule has 5 rings (SSSR count). The molecule has 10 nitrogen and oxygen atoms in total. The summed E-state index contributed by atoms with van der Waals surface area (Å²) in [6.07, 6.45) is 0.231. The summed E-state index contributed by atoms with van der Waals surface area (Å²) in [5, 5.41) is 12.9. The summed E-state index contributed by atoms with van der Waals surface area (Å²) in [5.74, 6) is -4.55. The zero-order valence-electron chi connectivity index (χ0n) is 22.6.